The molecule has 0 aromatic carbocycles. The van der Waals surface area contributed by atoms with Crippen molar-refractivity contribution < 1.29 is 0 Å². The number of guanidine groups is 1. The number of nitrogens with zero attached hydrogens (tertiary/aromatic N) is 3. The van der Waals surface area contributed by atoms with Gasteiger partial charge in [-0.15, -0.1) is 0 Å². The third-order valence-electron chi connectivity index (χ3n) is 5.34. The van der Waals surface area contributed by atoms with Crippen LogP contribution in [-0.4, -0.2) is 55.0 Å². The summed E-state index contributed by atoms with van der Waals surface area (Å²) in [6, 6.07) is 0.612. The first-order valence-corrected chi connectivity index (χ1v) is 9.52. The van der Waals surface area contributed by atoms with Gasteiger partial charge in [0.15, 0.2) is 5.96 Å². The number of nitrogens with two attached hydrogens (primary N) is 1. The molecule has 0 spiro atoms. The molecule has 0 radical (unpaired) electrons. The topological polar surface area (TPSA) is 44.9 Å². The van der Waals surface area contributed by atoms with Crippen molar-refractivity contribution in [2.24, 2.45) is 10.7 Å². The molecule has 2 aliphatic rings. The number of aliphatic imine (C=N–C) groups is 1. The predicted octanol–water partition coefficient (Wildman–Crippen LogP) is 3.22. The number of hydrogen-bond acceptors (Lipinski definition) is 2. The summed E-state index contributed by atoms with van der Waals surface area (Å²) in [6.45, 7) is 4.80. The van der Waals surface area contributed by atoms with E-state index >= 15 is 0 Å². The van der Waals surface area contributed by atoms with Gasteiger partial charge in [-0.1, -0.05) is 32.1 Å². The lowest BCUT2D eigenvalue weighted by Gasteiger charge is -2.28. The molecule has 128 valence electrons. The first-order chi connectivity index (χ1) is 10.8. The maximum Gasteiger partial charge on any atom is 0.191 e. The van der Waals surface area contributed by atoms with Gasteiger partial charge >= 0.3 is 0 Å². The van der Waals surface area contributed by atoms with Gasteiger partial charge in [0.05, 0.1) is 0 Å². The van der Waals surface area contributed by atoms with Crippen LogP contribution in [0.3, 0.4) is 0 Å². The summed E-state index contributed by atoms with van der Waals surface area (Å²) in [5.74, 6) is 0.756. The van der Waals surface area contributed by atoms with Crippen LogP contribution in [0, 0.1) is 0 Å². The van der Waals surface area contributed by atoms with E-state index in [1.165, 1.54) is 90.3 Å². The van der Waals surface area contributed by atoms with Crippen LogP contribution in [-0.2, 0) is 0 Å². The minimum atomic E-state index is 0.612. The monoisotopic (exact) mass is 308 g/mol. The summed E-state index contributed by atoms with van der Waals surface area (Å²) in [4.78, 5) is 9.43. The van der Waals surface area contributed by atoms with E-state index in [9.17, 15) is 0 Å². The van der Waals surface area contributed by atoms with Gasteiger partial charge in [0.1, 0.15) is 0 Å². The van der Waals surface area contributed by atoms with E-state index in [0.29, 0.717) is 6.04 Å². The molecule has 0 unspecified atom stereocenters. The zero-order chi connectivity index (χ0) is 15.6. The second-order valence-corrected chi connectivity index (χ2v) is 7.11. The largest absolute Gasteiger partial charge is 0.370 e. The van der Waals surface area contributed by atoms with Crippen molar-refractivity contribution in [2.75, 3.05) is 33.2 Å². The van der Waals surface area contributed by atoms with Crippen molar-refractivity contribution >= 4 is 5.96 Å². The van der Waals surface area contributed by atoms with Crippen molar-refractivity contribution in [2.45, 2.75) is 76.7 Å². The van der Waals surface area contributed by atoms with Gasteiger partial charge in [0.2, 0.25) is 0 Å². The van der Waals surface area contributed by atoms with E-state index in [4.69, 9.17) is 5.73 Å². The normalized spacial score (nSPS) is 22.0. The molecule has 2 N–H and O–H groups in total. The molecule has 22 heavy (non-hydrogen) atoms. The average molecular weight is 309 g/mol. The minimum absolute atomic E-state index is 0.612. The van der Waals surface area contributed by atoms with Crippen LogP contribution >= 0.6 is 0 Å². The van der Waals surface area contributed by atoms with E-state index in [1.54, 1.807) is 0 Å². The Hall–Kier alpha value is -0.770. The molecule has 0 amide bonds. The molecule has 0 aromatic heterocycles. The van der Waals surface area contributed by atoms with Gasteiger partial charge in [-0.2, -0.15) is 0 Å². The molecule has 1 aliphatic carbocycles. The Kier molecular flexibility index (Phi) is 8.06. The van der Waals surface area contributed by atoms with Crippen molar-refractivity contribution in [1.29, 1.82) is 0 Å². The van der Waals surface area contributed by atoms with Gasteiger partial charge in [-0.25, -0.2) is 0 Å². The summed E-state index contributed by atoms with van der Waals surface area (Å²) in [5, 5.41) is 0. The van der Waals surface area contributed by atoms with Gasteiger partial charge in [-0.3, -0.25) is 4.99 Å². The van der Waals surface area contributed by atoms with Crippen molar-refractivity contribution in [1.82, 2.24) is 9.80 Å². The molecule has 1 saturated carbocycles. The number of rotatable bonds is 7. The van der Waals surface area contributed by atoms with Gasteiger partial charge in [0, 0.05) is 19.6 Å². The van der Waals surface area contributed by atoms with Gasteiger partial charge in [-0.05, 0) is 58.2 Å². The highest BCUT2D eigenvalue weighted by molar-refractivity contribution is 5.78. The standard InChI is InChI=1S/C18H36N4/c1-21(17-11-5-2-3-6-12-17)18(19)20-13-7-4-8-14-22-15-9-10-16-22/h17H,2-16H2,1H3,(H2,19,20). The fraction of sp³-hybridized carbons (Fsp3) is 0.944. The van der Waals surface area contributed by atoms with Crippen LogP contribution < -0.4 is 5.73 Å². The van der Waals surface area contributed by atoms with Crippen LogP contribution in [0.15, 0.2) is 4.99 Å². The third-order valence-corrected chi connectivity index (χ3v) is 5.34. The lowest BCUT2D eigenvalue weighted by Crippen LogP contribution is -2.41. The van der Waals surface area contributed by atoms with Crippen LogP contribution in [0.25, 0.3) is 0 Å². The maximum absolute atomic E-state index is 6.18. The average Bonchev–Trinajstić information content (AvgIpc) is 2.90. The maximum atomic E-state index is 6.18. The highest BCUT2D eigenvalue weighted by atomic mass is 15.3. The van der Waals surface area contributed by atoms with Crippen LogP contribution in [0.5, 0.6) is 0 Å². The van der Waals surface area contributed by atoms with Crippen LogP contribution in [0.2, 0.25) is 0 Å². The molecule has 1 saturated heterocycles. The fourth-order valence-electron chi connectivity index (χ4n) is 3.77. The quantitative estimate of drug-likeness (QED) is 0.340. The Morgan fingerprint density at radius 2 is 1.68 bits per heavy atom. The molecule has 2 rings (SSSR count). The smallest absolute Gasteiger partial charge is 0.191 e. The molecule has 0 aromatic rings. The van der Waals surface area contributed by atoms with Crippen LogP contribution in [0.4, 0.5) is 0 Å². The summed E-state index contributed by atoms with van der Waals surface area (Å²) < 4.78 is 0. The van der Waals surface area contributed by atoms with Crippen molar-refractivity contribution in [3.8, 4) is 0 Å². The molecule has 1 aliphatic heterocycles. The fourth-order valence-corrected chi connectivity index (χ4v) is 3.77. The summed E-state index contributed by atoms with van der Waals surface area (Å²) >= 11 is 0. The van der Waals surface area contributed by atoms with Crippen molar-refractivity contribution in [3.63, 3.8) is 0 Å². The molecular formula is C18H36N4. The van der Waals surface area contributed by atoms with E-state index < -0.39 is 0 Å². The Morgan fingerprint density at radius 3 is 2.36 bits per heavy atom. The van der Waals surface area contributed by atoms with Crippen molar-refractivity contribution in [3.05, 3.63) is 0 Å². The second kappa shape index (κ2) is 10.1. The summed E-state index contributed by atoms with van der Waals surface area (Å²) in [5.41, 5.74) is 6.18. The zero-order valence-corrected chi connectivity index (χ0v) is 14.6. The Bertz CT molecular complexity index is 315. The first kappa shape index (κ1) is 17.6. The van der Waals surface area contributed by atoms with E-state index in [1.807, 2.05) is 0 Å². The van der Waals surface area contributed by atoms with E-state index in [0.717, 1.165) is 12.5 Å². The number of hydrogen-bond donors (Lipinski definition) is 1. The van der Waals surface area contributed by atoms with E-state index in [-0.39, 0.29) is 0 Å². The minimum Gasteiger partial charge on any atom is -0.370 e. The third kappa shape index (κ3) is 6.15. The molecule has 0 atom stereocenters. The number of likely N-dealkylation sites (tertiary alicyclic amines) is 1. The highest BCUT2D eigenvalue weighted by Gasteiger charge is 2.18. The lowest BCUT2D eigenvalue weighted by molar-refractivity contribution is 0.324. The molecule has 4 heteroatoms. The summed E-state index contributed by atoms with van der Waals surface area (Å²) in [6.07, 6.45) is 14.6. The molecule has 0 bridgehead atoms. The zero-order valence-electron chi connectivity index (χ0n) is 14.6. The second-order valence-electron chi connectivity index (χ2n) is 7.11. The summed E-state index contributed by atoms with van der Waals surface area (Å²) in [7, 11) is 2.13. The Morgan fingerprint density at radius 1 is 1.00 bits per heavy atom. The van der Waals surface area contributed by atoms with Gasteiger partial charge < -0.3 is 15.5 Å². The van der Waals surface area contributed by atoms with Gasteiger partial charge in [0.25, 0.3) is 0 Å². The molecule has 1 heterocycles. The molecular weight excluding hydrogens is 272 g/mol. The first-order valence-electron chi connectivity index (χ1n) is 9.52. The van der Waals surface area contributed by atoms with Crippen LogP contribution in [0.1, 0.15) is 70.6 Å². The molecule has 4 nitrogen and oxygen atoms in total. The highest BCUT2D eigenvalue weighted by Crippen LogP contribution is 2.20. The number of unbranched alkanes of at least 4 members (excludes halogenated alkanes) is 2. The Labute approximate surface area is 137 Å². The molecule has 2 fully saturated rings. The lowest BCUT2D eigenvalue weighted by atomic mass is 10.1. The van der Waals surface area contributed by atoms with E-state index in [2.05, 4.69) is 21.8 Å². The predicted molar refractivity (Wildman–Crippen MR) is 95.3 cm³/mol. The Balaban J connectivity index is 1.57. The SMILES string of the molecule is CN(C(N)=NCCCCCN1CCCC1)C1CCCCCC1.